The average Bonchev–Trinajstić information content (AvgIpc) is 2.79. The molecule has 0 fully saturated rings. The Kier molecular flexibility index (Phi) is 6.64. The number of benzene rings is 3. The molecule has 7 heteroatoms. The van der Waals surface area contributed by atoms with Crippen LogP contribution >= 0.6 is 0 Å². The second-order valence-electron chi connectivity index (χ2n) is 6.40. The number of carbonyl (C=O) groups is 2. The van der Waals surface area contributed by atoms with Gasteiger partial charge in [0.1, 0.15) is 23.5 Å². The van der Waals surface area contributed by atoms with Crippen LogP contribution in [0, 0.1) is 5.82 Å². The van der Waals surface area contributed by atoms with Crippen molar-refractivity contribution in [1.29, 1.82) is 0 Å². The van der Waals surface area contributed by atoms with Crippen molar-refractivity contribution in [2.45, 2.75) is 6.17 Å². The van der Waals surface area contributed by atoms with E-state index in [9.17, 15) is 14.0 Å². The van der Waals surface area contributed by atoms with Crippen LogP contribution in [0.4, 0.5) is 4.39 Å². The van der Waals surface area contributed by atoms with Crippen LogP contribution in [0.25, 0.3) is 0 Å². The van der Waals surface area contributed by atoms with E-state index in [2.05, 4.69) is 10.6 Å². The highest BCUT2D eigenvalue weighted by Crippen LogP contribution is 2.17. The first-order valence-corrected chi connectivity index (χ1v) is 9.15. The molecule has 2 amide bonds. The van der Waals surface area contributed by atoms with Crippen molar-refractivity contribution in [3.05, 3.63) is 95.3 Å². The van der Waals surface area contributed by atoms with Gasteiger partial charge < -0.3 is 20.1 Å². The summed E-state index contributed by atoms with van der Waals surface area (Å²) in [6.45, 7) is 0. The van der Waals surface area contributed by atoms with Crippen molar-refractivity contribution < 1.29 is 23.5 Å². The monoisotopic (exact) mass is 408 g/mol. The van der Waals surface area contributed by atoms with Gasteiger partial charge in [-0.15, -0.1) is 0 Å². The van der Waals surface area contributed by atoms with Crippen LogP contribution in [0.2, 0.25) is 0 Å². The van der Waals surface area contributed by atoms with E-state index in [0.717, 1.165) is 0 Å². The summed E-state index contributed by atoms with van der Waals surface area (Å²) in [5, 5.41) is 5.54. The van der Waals surface area contributed by atoms with E-state index in [4.69, 9.17) is 9.47 Å². The maximum absolute atomic E-state index is 13.4. The topological polar surface area (TPSA) is 76.7 Å². The zero-order chi connectivity index (χ0) is 21.5. The molecule has 0 saturated carbocycles. The lowest BCUT2D eigenvalue weighted by atomic mass is 10.1. The Balaban J connectivity index is 1.85. The summed E-state index contributed by atoms with van der Waals surface area (Å²) in [5.41, 5.74) is 1.23. The van der Waals surface area contributed by atoms with Gasteiger partial charge in [-0.05, 0) is 54.1 Å². The molecule has 0 spiro atoms. The number of methoxy groups -OCH3 is 2. The van der Waals surface area contributed by atoms with Crippen molar-refractivity contribution in [2.75, 3.05) is 14.2 Å². The molecular formula is C23H21FN2O4. The summed E-state index contributed by atoms with van der Waals surface area (Å²) >= 11 is 0. The van der Waals surface area contributed by atoms with E-state index in [1.165, 1.54) is 38.5 Å². The highest BCUT2D eigenvalue weighted by molar-refractivity contribution is 5.97. The molecule has 0 atom stereocenters. The van der Waals surface area contributed by atoms with Gasteiger partial charge in [0.15, 0.2) is 0 Å². The Morgan fingerprint density at radius 2 is 1.23 bits per heavy atom. The third-order valence-electron chi connectivity index (χ3n) is 4.42. The molecule has 0 aliphatic rings. The van der Waals surface area contributed by atoms with Crippen LogP contribution in [-0.4, -0.2) is 26.0 Å². The molecule has 3 aromatic rings. The molecule has 0 bridgehead atoms. The number of hydrogen-bond acceptors (Lipinski definition) is 4. The third-order valence-corrected chi connectivity index (χ3v) is 4.42. The Morgan fingerprint density at radius 1 is 0.767 bits per heavy atom. The Labute approximate surface area is 173 Å². The summed E-state index contributed by atoms with van der Waals surface area (Å²) in [6.07, 6.45) is -0.886. The molecule has 0 aliphatic carbocycles. The SMILES string of the molecule is COc1cccc(C(=O)NC(NC(=O)c2cccc(OC)c2)c2ccc(F)cc2)c1. The van der Waals surface area contributed by atoms with Gasteiger partial charge in [0, 0.05) is 11.1 Å². The first kappa shape index (κ1) is 20.9. The molecule has 3 rings (SSSR count). The summed E-state index contributed by atoms with van der Waals surface area (Å²) in [7, 11) is 3.01. The molecule has 6 nitrogen and oxygen atoms in total. The molecular weight excluding hydrogens is 387 g/mol. The van der Waals surface area contributed by atoms with Crippen molar-refractivity contribution in [2.24, 2.45) is 0 Å². The van der Waals surface area contributed by atoms with Crippen LogP contribution in [-0.2, 0) is 0 Å². The van der Waals surface area contributed by atoms with Crippen LogP contribution in [0.1, 0.15) is 32.4 Å². The Bertz CT molecular complexity index is 976. The van der Waals surface area contributed by atoms with Crippen molar-refractivity contribution in [3.63, 3.8) is 0 Å². The molecule has 0 heterocycles. The van der Waals surface area contributed by atoms with E-state index in [1.54, 1.807) is 48.5 Å². The lowest BCUT2D eigenvalue weighted by Gasteiger charge is -2.21. The number of ether oxygens (including phenoxy) is 2. The lowest BCUT2D eigenvalue weighted by molar-refractivity contribution is 0.0883. The minimum atomic E-state index is -0.886. The van der Waals surface area contributed by atoms with Gasteiger partial charge in [0.2, 0.25) is 0 Å². The predicted molar refractivity (Wildman–Crippen MR) is 110 cm³/mol. The molecule has 0 aliphatic heterocycles. The third kappa shape index (κ3) is 5.14. The van der Waals surface area contributed by atoms with Crippen LogP contribution in [0.15, 0.2) is 72.8 Å². The number of amides is 2. The van der Waals surface area contributed by atoms with E-state index < -0.39 is 23.8 Å². The maximum atomic E-state index is 13.4. The second kappa shape index (κ2) is 9.56. The summed E-state index contributed by atoms with van der Waals surface area (Å²) in [6, 6.07) is 18.8. The Hall–Kier alpha value is -3.87. The number of carbonyl (C=O) groups excluding carboxylic acids is 2. The first-order valence-electron chi connectivity index (χ1n) is 9.15. The summed E-state index contributed by atoms with van der Waals surface area (Å²) in [5.74, 6) is -0.207. The van der Waals surface area contributed by atoms with Crippen molar-refractivity contribution >= 4 is 11.8 Å². The van der Waals surface area contributed by atoms with E-state index in [-0.39, 0.29) is 0 Å². The smallest absolute Gasteiger partial charge is 0.253 e. The summed E-state index contributed by atoms with van der Waals surface area (Å²) in [4.78, 5) is 25.5. The number of rotatable bonds is 7. The fourth-order valence-electron chi connectivity index (χ4n) is 2.82. The largest absolute Gasteiger partial charge is 0.497 e. The zero-order valence-corrected chi connectivity index (χ0v) is 16.5. The van der Waals surface area contributed by atoms with E-state index >= 15 is 0 Å². The van der Waals surface area contributed by atoms with Crippen molar-refractivity contribution in [1.82, 2.24) is 10.6 Å². The molecule has 0 saturated heterocycles. The number of halogens is 1. The first-order chi connectivity index (χ1) is 14.5. The standard InChI is InChI=1S/C23H21FN2O4/c1-29-19-7-3-5-16(13-19)22(27)25-21(15-9-11-18(24)12-10-15)26-23(28)17-6-4-8-20(14-17)30-2/h3-14,21H,1-2H3,(H,25,27)(H,26,28). The van der Waals surface area contributed by atoms with Gasteiger partial charge in [-0.3, -0.25) is 9.59 Å². The minimum Gasteiger partial charge on any atom is -0.497 e. The predicted octanol–water partition coefficient (Wildman–Crippen LogP) is 3.70. The lowest BCUT2D eigenvalue weighted by Crippen LogP contribution is -2.41. The molecule has 0 unspecified atom stereocenters. The highest BCUT2D eigenvalue weighted by atomic mass is 19.1. The fraction of sp³-hybridized carbons (Fsp3) is 0.130. The van der Waals surface area contributed by atoms with Crippen LogP contribution in [0.3, 0.4) is 0 Å². The van der Waals surface area contributed by atoms with Crippen LogP contribution < -0.4 is 20.1 Å². The average molecular weight is 408 g/mol. The van der Waals surface area contributed by atoms with Crippen LogP contribution in [0.5, 0.6) is 11.5 Å². The highest BCUT2D eigenvalue weighted by Gasteiger charge is 2.19. The molecule has 2 N–H and O–H groups in total. The zero-order valence-electron chi connectivity index (χ0n) is 16.5. The quantitative estimate of drug-likeness (QED) is 0.585. The molecule has 0 aromatic heterocycles. The number of nitrogens with one attached hydrogen (secondary N) is 2. The normalized spacial score (nSPS) is 10.4. The number of hydrogen-bond donors (Lipinski definition) is 2. The maximum Gasteiger partial charge on any atom is 0.253 e. The second-order valence-corrected chi connectivity index (χ2v) is 6.40. The van der Waals surface area contributed by atoms with E-state index in [1.807, 2.05) is 0 Å². The van der Waals surface area contributed by atoms with Gasteiger partial charge in [-0.2, -0.15) is 0 Å². The fourth-order valence-corrected chi connectivity index (χ4v) is 2.82. The minimum absolute atomic E-state index is 0.358. The van der Waals surface area contributed by atoms with Gasteiger partial charge in [-0.1, -0.05) is 24.3 Å². The van der Waals surface area contributed by atoms with Gasteiger partial charge in [0.25, 0.3) is 11.8 Å². The van der Waals surface area contributed by atoms with Gasteiger partial charge in [-0.25, -0.2) is 4.39 Å². The molecule has 154 valence electrons. The van der Waals surface area contributed by atoms with Gasteiger partial charge in [0.05, 0.1) is 14.2 Å². The molecule has 30 heavy (non-hydrogen) atoms. The molecule has 3 aromatic carbocycles. The van der Waals surface area contributed by atoms with E-state index in [0.29, 0.717) is 28.2 Å². The summed E-state index contributed by atoms with van der Waals surface area (Å²) < 4.78 is 23.7. The van der Waals surface area contributed by atoms with Crippen molar-refractivity contribution in [3.8, 4) is 11.5 Å². The van der Waals surface area contributed by atoms with Gasteiger partial charge >= 0.3 is 0 Å². The molecule has 0 radical (unpaired) electrons. The Morgan fingerprint density at radius 3 is 1.67 bits per heavy atom.